The summed E-state index contributed by atoms with van der Waals surface area (Å²) in [4.78, 5) is 29.8. The van der Waals surface area contributed by atoms with Crippen molar-refractivity contribution in [2.24, 2.45) is 0 Å². The Kier molecular flexibility index (Phi) is 3.29. The molecule has 5 nitrogen and oxygen atoms in total. The number of thiazole rings is 1. The first kappa shape index (κ1) is 12.5. The van der Waals surface area contributed by atoms with Crippen LogP contribution in [0.15, 0.2) is 34.6 Å². The molecule has 94 valence electrons. The number of nitrogens with one attached hydrogen (secondary N) is 2. The van der Waals surface area contributed by atoms with Crippen LogP contribution < -0.4 is 10.9 Å². The molecular weight excluding hydrogens is 250 g/mol. The van der Waals surface area contributed by atoms with Gasteiger partial charge < -0.3 is 10.3 Å². The summed E-state index contributed by atoms with van der Waals surface area (Å²) in [7, 11) is 0. The summed E-state index contributed by atoms with van der Waals surface area (Å²) in [6.07, 6.45) is 1.69. The lowest BCUT2D eigenvalue weighted by Gasteiger charge is -2.23. The molecule has 6 heteroatoms. The van der Waals surface area contributed by atoms with Crippen LogP contribution in [0, 0.1) is 0 Å². The molecule has 0 fully saturated rings. The van der Waals surface area contributed by atoms with E-state index in [1.54, 1.807) is 18.3 Å². The predicted molar refractivity (Wildman–Crippen MR) is 69.7 cm³/mol. The van der Waals surface area contributed by atoms with Gasteiger partial charge in [-0.15, -0.1) is 11.3 Å². The Bertz CT molecular complexity index is 602. The summed E-state index contributed by atoms with van der Waals surface area (Å²) in [6.45, 7) is 3.73. The lowest BCUT2D eigenvalue weighted by molar-refractivity contribution is 0.0906. The fraction of sp³-hybridized carbons (Fsp3) is 0.250. The maximum absolute atomic E-state index is 12.0. The molecule has 0 saturated heterocycles. The lowest BCUT2D eigenvalue weighted by atomic mass is 10.1. The number of hydrogen-bond acceptors (Lipinski definition) is 4. The van der Waals surface area contributed by atoms with E-state index in [0.717, 1.165) is 5.01 Å². The Morgan fingerprint density at radius 3 is 2.83 bits per heavy atom. The van der Waals surface area contributed by atoms with Crippen molar-refractivity contribution in [2.75, 3.05) is 0 Å². The quantitative estimate of drug-likeness (QED) is 0.881. The average Bonchev–Trinajstić information content (AvgIpc) is 2.82. The van der Waals surface area contributed by atoms with Crippen LogP contribution >= 0.6 is 11.3 Å². The molecule has 0 saturated carbocycles. The summed E-state index contributed by atoms with van der Waals surface area (Å²) in [5, 5.41) is 5.51. The molecule has 0 aromatic carbocycles. The van der Waals surface area contributed by atoms with E-state index in [-0.39, 0.29) is 17.2 Å². The van der Waals surface area contributed by atoms with Crippen LogP contribution in [-0.4, -0.2) is 15.9 Å². The molecule has 0 radical (unpaired) electrons. The molecule has 2 rings (SSSR count). The van der Waals surface area contributed by atoms with Crippen LogP contribution in [0.2, 0.25) is 0 Å². The zero-order valence-electron chi connectivity index (χ0n) is 10.1. The molecule has 18 heavy (non-hydrogen) atoms. The zero-order chi connectivity index (χ0) is 13.2. The first-order valence-electron chi connectivity index (χ1n) is 5.41. The van der Waals surface area contributed by atoms with Gasteiger partial charge in [0.15, 0.2) is 0 Å². The second-order valence-electron chi connectivity index (χ2n) is 4.35. The number of hydrogen-bond donors (Lipinski definition) is 2. The van der Waals surface area contributed by atoms with Crippen molar-refractivity contribution in [3.63, 3.8) is 0 Å². The summed E-state index contributed by atoms with van der Waals surface area (Å²) in [5.41, 5.74) is -0.625. The largest absolute Gasteiger partial charge is 0.339 e. The smallest absolute Gasteiger partial charge is 0.268 e. The standard InChI is InChI=1S/C12H13N3O2S/c1-12(2,11-13-6-7-18-11)15-10(17)8-4-3-5-9(16)14-8/h3-7H,1-2H3,(H,14,16)(H,15,17). The van der Waals surface area contributed by atoms with Crippen molar-refractivity contribution in [1.29, 1.82) is 0 Å². The van der Waals surface area contributed by atoms with Gasteiger partial charge in [-0.25, -0.2) is 4.98 Å². The Morgan fingerprint density at radius 2 is 2.22 bits per heavy atom. The van der Waals surface area contributed by atoms with Crippen LogP contribution in [0.3, 0.4) is 0 Å². The molecule has 0 spiro atoms. The van der Waals surface area contributed by atoms with Crippen LogP contribution in [0.25, 0.3) is 0 Å². The summed E-state index contributed by atoms with van der Waals surface area (Å²) >= 11 is 1.47. The van der Waals surface area contributed by atoms with Gasteiger partial charge in [0.2, 0.25) is 5.56 Å². The number of carbonyl (C=O) groups excluding carboxylic acids is 1. The van der Waals surface area contributed by atoms with Crippen molar-refractivity contribution < 1.29 is 4.79 Å². The number of rotatable bonds is 3. The third kappa shape index (κ3) is 2.65. The van der Waals surface area contributed by atoms with E-state index in [2.05, 4.69) is 15.3 Å². The molecule has 1 amide bonds. The molecule has 0 unspecified atom stereocenters. The number of aromatic amines is 1. The minimum absolute atomic E-state index is 0.243. The summed E-state index contributed by atoms with van der Waals surface area (Å²) < 4.78 is 0. The maximum atomic E-state index is 12.0. The van der Waals surface area contributed by atoms with E-state index >= 15 is 0 Å². The van der Waals surface area contributed by atoms with Gasteiger partial charge in [-0.2, -0.15) is 0 Å². The second kappa shape index (κ2) is 4.73. The highest BCUT2D eigenvalue weighted by Gasteiger charge is 2.26. The first-order valence-corrected chi connectivity index (χ1v) is 6.29. The van der Waals surface area contributed by atoms with E-state index in [4.69, 9.17) is 0 Å². The van der Waals surface area contributed by atoms with Gasteiger partial charge in [0, 0.05) is 17.6 Å². The number of aromatic nitrogens is 2. The van der Waals surface area contributed by atoms with Gasteiger partial charge >= 0.3 is 0 Å². The van der Waals surface area contributed by atoms with Crippen LogP contribution in [0.5, 0.6) is 0 Å². The molecule has 0 aliphatic carbocycles. The number of pyridine rings is 1. The Hall–Kier alpha value is -1.95. The number of amides is 1. The molecular formula is C12H13N3O2S. The van der Waals surface area contributed by atoms with Gasteiger partial charge in [-0.3, -0.25) is 9.59 Å². The van der Waals surface area contributed by atoms with E-state index < -0.39 is 5.54 Å². The monoisotopic (exact) mass is 263 g/mol. The first-order chi connectivity index (χ1) is 8.49. The molecule has 0 aliphatic rings. The normalized spacial score (nSPS) is 11.2. The minimum Gasteiger partial charge on any atom is -0.339 e. The zero-order valence-corrected chi connectivity index (χ0v) is 10.9. The van der Waals surface area contributed by atoms with Gasteiger partial charge in [0.1, 0.15) is 10.7 Å². The highest BCUT2D eigenvalue weighted by molar-refractivity contribution is 7.09. The average molecular weight is 263 g/mol. The van der Waals surface area contributed by atoms with E-state index in [9.17, 15) is 9.59 Å². The SMILES string of the molecule is CC(C)(NC(=O)c1cccc(=O)[nH]1)c1nccs1. The van der Waals surface area contributed by atoms with Crippen molar-refractivity contribution in [3.05, 3.63) is 50.8 Å². The molecule has 0 bridgehead atoms. The van der Waals surface area contributed by atoms with Crippen molar-refractivity contribution in [3.8, 4) is 0 Å². The molecule has 2 aromatic rings. The fourth-order valence-corrected chi connectivity index (χ4v) is 2.23. The highest BCUT2D eigenvalue weighted by Crippen LogP contribution is 2.22. The van der Waals surface area contributed by atoms with Crippen LogP contribution in [-0.2, 0) is 5.54 Å². The summed E-state index contributed by atoms with van der Waals surface area (Å²) in [6, 6.07) is 4.47. The van der Waals surface area contributed by atoms with Crippen molar-refractivity contribution in [1.82, 2.24) is 15.3 Å². The molecule has 0 aliphatic heterocycles. The van der Waals surface area contributed by atoms with E-state index in [1.807, 2.05) is 19.2 Å². The molecule has 2 N–H and O–H groups in total. The van der Waals surface area contributed by atoms with Crippen LogP contribution in [0.1, 0.15) is 29.3 Å². The third-order valence-corrected chi connectivity index (χ3v) is 3.50. The molecule has 2 heterocycles. The number of nitrogens with zero attached hydrogens (tertiary/aromatic N) is 1. The minimum atomic E-state index is -0.571. The summed E-state index contributed by atoms with van der Waals surface area (Å²) in [5.74, 6) is -0.326. The Balaban J connectivity index is 2.19. The highest BCUT2D eigenvalue weighted by atomic mass is 32.1. The van der Waals surface area contributed by atoms with Gasteiger partial charge in [-0.05, 0) is 19.9 Å². The van der Waals surface area contributed by atoms with Crippen molar-refractivity contribution in [2.45, 2.75) is 19.4 Å². The topological polar surface area (TPSA) is 74.8 Å². The Labute approximate surface area is 108 Å². The fourth-order valence-electron chi connectivity index (χ4n) is 1.52. The lowest BCUT2D eigenvalue weighted by Crippen LogP contribution is -2.41. The second-order valence-corrected chi connectivity index (χ2v) is 5.24. The third-order valence-electron chi connectivity index (χ3n) is 2.41. The maximum Gasteiger partial charge on any atom is 0.268 e. The van der Waals surface area contributed by atoms with Gasteiger partial charge in [0.25, 0.3) is 5.91 Å². The molecule has 2 aromatic heterocycles. The predicted octanol–water partition coefficient (Wildman–Crippen LogP) is 1.50. The van der Waals surface area contributed by atoms with Crippen LogP contribution in [0.4, 0.5) is 0 Å². The Morgan fingerprint density at radius 1 is 1.44 bits per heavy atom. The van der Waals surface area contributed by atoms with Crippen molar-refractivity contribution >= 4 is 17.2 Å². The number of carbonyl (C=O) groups is 1. The van der Waals surface area contributed by atoms with Gasteiger partial charge in [-0.1, -0.05) is 6.07 Å². The van der Waals surface area contributed by atoms with Gasteiger partial charge in [0.05, 0.1) is 5.54 Å². The van der Waals surface area contributed by atoms with E-state index in [1.165, 1.54) is 17.4 Å². The number of H-pyrrole nitrogens is 1. The molecule has 0 atom stereocenters. The van der Waals surface area contributed by atoms with E-state index in [0.29, 0.717) is 0 Å².